The average molecular weight is 716 g/mol. The van der Waals surface area contributed by atoms with Gasteiger partial charge in [0.1, 0.15) is 5.75 Å². The van der Waals surface area contributed by atoms with Gasteiger partial charge in [0.2, 0.25) is 0 Å². The van der Waals surface area contributed by atoms with Gasteiger partial charge >= 0.3 is 20.1 Å². The number of nitrogens with zero attached hydrogens (tertiary/aromatic N) is 1. The van der Waals surface area contributed by atoms with Gasteiger partial charge in [0.15, 0.2) is 0 Å². The fourth-order valence-corrected chi connectivity index (χ4v) is 4.07. The third-order valence-corrected chi connectivity index (χ3v) is 6.93. The second-order valence-electron chi connectivity index (χ2n) is 9.07. The van der Waals surface area contributed by atoms with Crippen molar-refractivity contribution in [1.82, 2.24) is 0 Å². The molecule has 1 aliphatic rings. The average Bonchev–Trinajstić information content (AvgIpc) is 2.96. The third-order valence-electron chi connectivity index (χ3n) is 6.93. The molecular formula is C28H45IrNO6S+. The molecule has 3 rings (SSSR count). The molecule has 2 aromatic carbocycles. The van der Waals surface area contributed by atoms with Crippen LogP contribution >= 0.6 is 0 Å². The summed E-state index contributed by atoms with van der Waals surface area (Å²) in [5, 5.41) is 0. The van der Waals surface area contributed by atoms with Crippen LogP contribution in [0, 0.1) is 43.1 Å². The molecule has 0 atom stereocenters. The van der Waals surface area contributed by atoms with Crippen LogP contribution in [0.5, 0.6) is 11.5 Å². The zero-order valence-electron chi connectivity index (χ0n) is 23.7. The maximum Gasteiger partial charge on any atom is 3.00 e. The zero-order chi connectivity index (χ0) is 26.1. The molecule has 1 saturated carbocycles. The van der Waals surface area contributed by atoms with E-state index in [1.54, 1.807) is 14.2 Å². The molecule has 1 fully saturated rings. The Balaban J connectivity index is -0.000000546. The van der Waals surface area contributed by atoms with Crippen molar-refractivity contribution in [3.05, 3.63) is 61.5 Å². The van der Waals surface area contributed by atoms with Crippen molar-refractivity contribution < 1.29 is 48.0 Å². The van der Waals surface area contributed by atoms with Crippen LogP contribution in [0.1, 0.15) is 47.1 Å². The summed E-state index contributed by atoms with van der Waals surface area (Å²) >= 11 is 0. The van der Waals surface area contributed by atoms with Gasteiger partial charge in [-0.2, -0.15) is 8.42 Å². The second-order valence-corrected chi connectivity index (χ2v) is 10.5. The van der Waals surface area contributed by atoms with E-state index >= 15 is 0 Å². The van der Waals surface area contributed by atoms with Crippen LogP contribution in [0.3, 0.4) is 0 Å². The van der Waals surface area contributed by atoms with Crippen molar-refractivity contribution in [3.8, 4) is 11.5 Å². The van der Waals surface area contributed by atoms with E-state index in [-0.39, 0.29) is 33.0 Å². The molecule has 7 nitrogen and oxygen atoms in total. The summed E-state index contributed by atoms with van der Waals surface area (Å²) < 4.78 is 36.1. The van der Waals surface area contributed by atoms with Crippen LogP contribution in [0.2, 0.25) is 0 Å². The van der Waals surface area contributed by atoms with Crippen LogP contribution in [0.25, 0.3) is 0 Å². The molecule has 0 radical (unpaired) electrons. The van der Waals surface area contributed by atoms with Crippen LogP contribution in [-0.4, -0.2) is 44.6 Å². The Morgan fingerprint density at radius 1 is 0.838 bits per heavy atom. The Morgan fingerprint density at radius 2 is 1.19 bits per heavy atom. The summed E-state index contributed by atoms with van der Waals surface area (Å²) in [7, 11) is -0.378. The molecule has 9 heteroatoms. The van der Waals surface area contributed by atoms with Crippen LogP contribution in [0.4, 0.5) is 5.69 Å². The quantitative estimate of drug-likeness (QED) is 0.239. The van der Waals surface area contributed by atoms with Gasteiger partial charge in [0.05, 0.1) is 26.2 Å². The molecule has 0 bridgehead atoms. The van der Waals surface area contributed by atoms with Crippen molar-refractivity contribution in [2.24, 2.45) is 34.6 Å². The number of benzene rings is 2. The topological polar surface area (TPSA) is 117 Å². The summed E-state index contributed by atoms with van der Waals surface area (Å²) in [4.78, 5) is 4.55. The predicted molar refractivity (Wildman–Crippen MR) is 150 cm³/mol. The number of aliphatic imine (C=N–C) groups is 1. The van der Waals surface area contributed by atoms with E-state index in [1.807, 2.05) is 49.4 Å². The van der Waals surface area contributed by atoms with Gasteiger partial charge in [-0.1, -0.05) is 41.5 Å². The van der Waals surface area contributed by atoms with Crippen LogP contribution in [-0.2, 0) is 30.2 Å². The normalized spacial score (nSPS) is 22.3. The Labute approximate surface area is 238 Å². The maximum absolute atomic E-state index is 9.19. The van der Waals surface area contributed by atoms with Gasteiger partial charge < -0.3 is 27.4 Å². The summed E-state index contributed by atoms with van der Waals surface area (Å²) in [5.74, 6) is 6.30. The van der Waals surface area contributed by atoms with Crippen molar-refractivity contribution in [2.45, 2.75) is 41.5 Å². The monoisotopic (exact) mass is 716 g/mol. The molecule has 0 aromatic heterocycles. The summed E-state index contributed by atoms with van der Waals surface area (Å²) in [6, 6.07) is 16.4. The number of ether oxygens (including phenoxy) is 2. The van der Waals surface area contributed by atoms with Gasteiger partial charge in [0, 0.05) is 5.75 Å². The largest absolute Gasteiger partial charge is 3.00 e. The molecular weight excluding hydrogens is 671 g/mol. The summed E-state index contributed by atoms with van der Waals surface area (Å²) in [6.07, 6.45) is 0.715. The molecule has 0 unspecified atom stereocenters. The standard InChI is InChI=1S/C16H16NO2.C10H20.CH4O3S.CH3.Ir.H2O/c1-12(13-4-8-15(18-2)9-5-13)17-14-6-10-16(19-3)11-7-14;1-6-7(2)9(4)10(5)8(6)3;1-5(2,3)4;;;/h4,6-11H,1-3H3;6-10H,1-5H3;1H3,(H,2,3,4);1H3;;1H2/q-1;;;-1;+3;. The van der Waals surface area contributed by atoms with Crippen molar-refractivity contribution in [3.63, 3.8) is 0 Å². The first-order chi connectivity index (χ1) is 15.8. The van der Waals surface area contributed by atoms with E-state index in [9.17, 15) is 8.42 Å². The minimum atomic E-state index is -3.67. The Bertz CT molecular complexity index is 957. The Hall–Kier alpha value is -1.77. The Morgan fingerprint density at radius 3 is 1.49 bits per heavy atom. The number of methoxy groups -OCH3 is 2. The fraction of sp³-hybridized carbons (Fsp3) is 0.500. The SMILES string of the molecule is CC1C(C)C(C)C(C)C1C.COc1c[c-]c(C(C)=Nc2ccc(OC)cc2)cc1.CS(=O)(=O)O.O.[CH3-].[Ir+3]. The van der Waals surface area contributed by atoms with E-state index in [4.69, 9.17) is 14.0 Å². The molecule has 1 aliphatic carbocycles. The first-order valence-electron chi connectivity index (χ1n) is 11.5. The van der Waals surface area contributed by atoms with E-state index in [2.05, 4.69) is 45.7 Å². The molecule has 0 amide bonds. The van der Waals surface area contributed by atoms with E-state index < -0.39 is 10.1 Å². The Kier molecular flexibility index (Phi) is 19.8. The molecule has 212 valence electrons. The van der Waals surface area contributed by atoms with Crippen molar-refractivity contribution in [2.75, 3.05) is 20.5 Å². The summed E-state index contributed by atoms with van der Waals surface area (Å²) in [5.41, 5.74) is 2.76. The molecule has 2 aromatic rings. The molecule has 3 N–H and O–H groups in total. The van der Waals surface area contributed by atoms with E-state index in [0.29, 0.717) is 6.26 Å². The molecule has 0 saturated heterocycles. The maximum atomic E-state index is 9.19. The first-order valence-corrected chi connectivity index (χ1v) is 13.3. The van der Waals surface area contributed by atoms with Gasteiger partial charge in [-0.05, 0) is 59.6 Å². The van der Waals surface area contributed by atoms with Crippen molar-refractivity contribution in [1.29, 1.82) is 0 Å². The van der Waals surface area contributed by atoms with E-state index in [0.717, 1.165) is 58.1 Å². The second kappa shape index (κ2) is 18.5. The third kappa shape index (κ3) is 14.1. The van der Waals surface area contributed by atoms with Crippen LogP contribution < -0.4 is 9.47 Å². The summed E-state index contributed by atoms with van der Waals surface area (Å²) in [6.45, 7) is 14.0. The minimum absolute atomic E-state index is 0. The van der Waals surface area contributed by atoms with Crippen molar-refractivity contribution >= 4 is 21.5 Å². The zero-order valence-corrected chi connectivity index (χ0v) is 26.9. The smallest absolute Gasteiger partial charge is 0.540 e. The molecule has 0 spiro atoms. The van der Waals surface area contributed by atoms with Gasteiger partial charge in [-0.15, -0.1) is 29.8 Å². The minimum Gasteiger partial charge on any atom is -0.540 e. The van der Waals surface area contributed by atoms with Gasteiger partial charge in [-0.3, -0.25) is 4.55 Å². The van der Waals surface area contributed by atoms with Gasteiger partial charge in [-0.25, -0.2) is 0 Å². The molecule has 0 heterocycles. The first kappa shape index (κ1) is 39.7. The molecule has 0 aliphatic heterocycles. The number of hydrogen-bond donors (Lipinski definition) is 1. The van der Waals surface area contributed by atoms with E-state index in [1.165, 1.54) is 0 Å². The van der Waals surface area contributed by atoms with Gasteiger partial charge in [0.25, 0.3) is 10.1 Å². The number of hydrogen-bond acceptors (Lipinski definition) is 5. The fourth-order valence-electron chi connectivity index (χ4n) is 4.07. The predicted octanol–water partition coefficient (Wildman–Crippen LogP) is 5.95. The van der Waals surface area contributed by atoms with Crippen LogP contribution in [0.15, 0.2) is 47.5 Å². The molecule has 37 heavy (non-hydrogen) atoms. The number of rotatable bonds is 4.